The van der Waals surface area contributed by atoms with Crippen LogP contribution in [0.5, 0.6) is 0 Å². The molecule has 0 unspecified atom stereocenters. The predicted molar refractivity (Wildman–Crippen MR) is 110 cm³/mol. The normalized spacial score (nSPS) is 12.0. The summed E-state index contributed by atoms with van der Waals surface area (Å²) in [4.78, 5) is 20.8. The second kappa shape index (κ2) is 11.5. The first kappa shape index (κ1) is 23.6. The number of halogens is 3. The van der Waals surface area contributed by atoms with Crippen molar-refractivity contribution in [3.05, 3.63) is 51.5 Å². The molecule has 0 fully saturated rings. The summed E-state index contributed by atoms with van der Waals surface area (Å²) in [6.07, 6.45) is -4.32. The number of rotatable bonds is 9. The summed E-state index contributed by atoms with van der Waals surface area (Å²) in [6, 6.07) is 7.06. The number of carbonyl (C=O) groups excluding carboxylic acids is 1. The fourth-order valence-corrected chi connectivity index (χ4v) is 3.12. The minimum Gasteiger partial charge on any atom is -0.367 e. The minimum atomic E-state index is -4.32. The van der Waals surface area contributed by atoms with Crippen molar-refractivity contribution in [1.29, 1.82) is 0 Å². The molecule has 1 aromatic heterocycles. The predicted octanol–water partition coefficient (Wildman–Crippen LogP) is 2.63. The quantitative estimate of drug-likeness (QED) is 0.315. The molecule has 0 saturated carbocycles. The van der Waals surface area contributed by atoms with Crippen molar-refractivity contribution in [2.24, 2.45) is 4.99 Å². The molecule has 30 heavy (non-hydrogen) atoms. The first-order valence-electron chi connectivity index (χ1n) is 9.13. The lowest BCUT2D eigenvalue weighted by Crippen LogP contribution is -2.41. The summed E-state index contributed by atoms with van der Waals surface area (Å²) in [7, 11) is 1.63. The molecule has 7 nitrogen and oxygen atoms in total. The van der Waals surface area contributed by atoms with Crippen molar-refractivity contribution in [2.45, 2.75) is 26.3 Å². The Morgan fingerprint density at radius 2 is 1.80 bits per heavy atom. The molecule has 0 aliphatic heterocycles. The summed E-state index contributed by atoms with van der Waals surface area (Å²) in [5, 5.41) is 9.04. The number of carbonyl (C=O) groups is 1. The van der Waals surface area contributed by atoms with Gasteiger partial charge in [0.1, 0.15) is 11.5 Å². The summed E-state index contributed by atoms with van der Waals surface area (Å²) in [6.45, 7) is 1.82. The van der Waals surface area contributed by atoms with Gasteiger partial charge in [-0.3, -0.25) is 9.79 Å². The highest BCUT2D eigenvalue weighted by Gasteiger charge is 2.27. The van der Waals surface area contributed by atoms with Crippen LogP contribution in [-0.2, 0) is 17.9 Å². The molecule has 164 valence electrons. The molecular formula is C19H24F3N5O2S. The van der Waals surface area contributed by atoms with Crippen LogP contribution < -0.4 is 16.0 Å². The van der Waals surface area contributed by atoms with E-state index in [2.05, 4.69) is 30.7 Å². The Hall–Kier alpha value is -2.66. The van der Waals surface area contributed by atoms with Crippen molar-refractivity contribution in [3.8, 4) is 0 Å². The van der Waals surface area contributed by atoms with Crippen LogP contribution >= 0.6 is 11.3 Å². The van der Waals surface area contributed by atoms with Gasteiger partial charge in [0.25, 0.3) is 5.91 Å². The van der Waals surface area contributed by atoms with Crippen molar-refractivity contribution in [2.75, 3.05) is 26.7 Å². The Bertz CT molecular complexity index is 837. The maximum absolute atomic E-state index is 12.1. The van der Waals surface area contributed by atoms with Crippen LogP contribution in [0.2, 0.25) is 0 Å². The van der Waals surface area contributed by atoms with Gasteiger partial charge < -0.3 is 20.7 Å². The van der Waals surface area contributed by atoms with E-state index >= 15 is 0 Å². The molecular weight excluding hydrogens is 419 g/mol. The number of nitrogens with zero attached hydrogens (tertiary/aromatic N) is 2. The van der Waals surface area contributed by atoms with Crippen molar-refractivity contribution in [3.63, 3.8) is 0 Å². The lowest BCUT2D eigenvalue weighted by molar-refractivity contribution is -0.176. The minimum absolute atomic E-state index is 0.0940. The summed E-state index contributed by atoms with van der Waals surface area (Å²) >= 11 is 1.30. The number of benzene rings is 1. The molecule has 0 aliphatic rings. The largest absolute Gasteiger partial charge is 0.411 e. The fourth-order valence-electron chi connectivity index (χ4n) is 2.40. The lowest BCUT2D eigenvalue weighted by atomic mass is 10.1. The average Bonchev–Trinajstić information content (AvgIpc) is 3.13. The number of aliphatic imine (C=N–C) groups is 1. The van der Waals surface area contributed by atoms with E-state index in [1.807, 2.05) is 12.1 Å². The topological polar surface area (TPSA) is 87.6 Å². The average molecular weight is 443 g/mol. The van der Waals surface area contributed by atoms with Gasteiger partial charge in [-0.1, -0.05) is 24.3 Å². The zero-order valence-corrected chi connectivity index (χ0v) is 17.5. The van der Waals surface area contributed by atoms with Crippen molar-refractivity contribution < 1.29 is 22.7 Å². The highest BCUT2D eigenvalue weighted by atomic mass is 32.1. The van der Waals surface area contributed by atoms with Crippen LogP contribution in [0, 0.1) is 6.92 Å². The maximum atomic E-state index is 12.1. The molecule has 0 aliphatic carbocycles. The number of hydrogen-bond acceptors (Lipinski definition) is 5. The highest BCUT2D eigenvalue weighted by Crippen LogP contribution is 2.16. The third-order valence-corrected chi connectivity index (χ3v) is 4.82. The number of hydrogen-bond donors (Lipinski definition) is 3. The van der Waals surface area contributed by atoms with Crippen LogP contribution in [0.4, 0.5) is 13.2 Å². The number of thiazole rings is 1. The number of nitrogens with one attached hydrogen (secondary N) is 3. The molecule has 0 radical (unpaired) electrons. The SMILES string of the molecule is CN=C(NCCNC(=O)c1scnc1C)NCc1ccc(COCC(F)(F)F)cc1. The Labute approximate surface area is 176 Å². The first-order chi connectivity index (χ1) is 14.3. The van der Waals surface area contributed by atoms with Gasteiger partial charge in [-0.15, -0.1) is 11.3 Å². The monoisotopic (exact) mass is 443 g/mol. The van der Waals surface area contributed by atoms with Gasteiger partial charge >= 0.3 is 6.18 Å². The number of guanidine groups is 1. The van der Waals surface area contributed by atoms with Crippen LogP contribution in [0.25, 0.3) is 0 Å². The molecule has 2 aromatic rings. The molecule has 1 heterocycles. The van der Waals surface area contributed by atoms with Gasteiger partial charge in [-0.25, -0.2) is 4.98 Å². The molecule has 11 heteroatoms. The van der Waals surface area contributed by atoms with E-state index in [4.69, 9.17) is 0 Å². The Morgan fingerprint density at radius 3 is 2.40 bits per heavy atom. The van der Waals surface area contributed by atoms with E-state index in [1.165, 1.54) is 11.3 Å². The molecule has 0 atom stereocenters. The van der Waals surface area contributed by atoms with E-state index in [1.54, 1.807) is 31.6 Å². The van der Waals surface area contributed by atoms with E-state index in [0.29, 0.717) is 41.7 Å². The molecule has 0 bridgehead atoms. The van der Waals surface area contributed by atoms with Gasteiger partial charge in [-0.05, 0) is 18.1 Å². The van der Waals surface area contributed by atoms with Gasteiger partial charge in [0.05, 0.1) is 17.8 Å². The fraction of sp³-hybridized carbons (Fsp3) is 0.421. The van der Waals surface area contributed by atoms with Crippen LogP contribution in [-0.4, -0.2) is 49.8 Å². The zero-order chi connectivity index (χ0) is 22.0. The highest BCUT2D eigenvalue weighted by molar-refractivity contribution is 7.11. The third kappa shape index (κ3) is 8.37. The molecule has 1 amide bonds. The summed E-state index contributed by atoms with van der Waals surface area (Å²) in [5.41, 5.74) is 3.95. The van der Waals surface area contributed by atoms with Crippen LogP contribution in [0.15, 0.2) is 34.8 Å². The standard InChI is InChI=1S/C19H24F3N5O2S/c1-13-16(30-12-27-13)17(28)24-7-8-25-18(23-2)26-9-14-3-5-15(6-4-14)10-29-11-19(20,21)22/h3-6,12H,7-11H2,1-2H3,(H,24,28)(H2,23,25,26). The smallest absolute Gasteiger partial charge is 0.367 e. The molecule has 1 aromatic carbocycles. The van der Waals surface area contributed by atoms with Gasteiger partial charge in [0.15, 0.2) is 5.96 Å². The molecule has 2 rings (SSSR count). The van der Waals surface area contributed by atoms with E-state index < -0.39 is 12.8 Å². The zero-order valence-electron chi connectivity index (χ0n) is 16.7. The summed E-state index contributed by atoms with van der Waals surface area (Å²) < 4.78 is 40.9. The molecule has 3 N–H and O–H groups in total. The van der Waals surface area contributed by atoms with Crippen LogP contribution in [0.3, 0.4) is 0 Å². The van der Waals surface area contributed by atoms with Gasteiger partial charge in [-0.2, -0.15) is 13.2 Å². The van der Waals surface area contributed by atoms with Gasteiger partial charge in [0.2, 0.25) is 0 Å². The van der Waals surface area contributed by atoms with Crippen LogP contribution in [0.1, 0.15) is 26.5 Å². The summed E-state index contributed by atoms with van der Waals surface area (Å²) in [5.74, 6) is 0.412. The van der Waals surface area contributed by atoms with E-state index in [9.17, 15) is 18.0 Å². The number of amides is 1. The number of ether oxygens (including phenoxy) is 1. The number of aryl methyl sites for hydroxylation is 1. The van der Waals surface area contributed by atoms with E-state index in [-0.39, 0.29) is 12.5 Å². The second-order valence-electron chi connectivity index (χ2n) is 6.30. The van der Waals surface area contributed by atoms with E-state index in [0.717, 1.165) is 5.56 Å². The Kier molecular flexibility index (Phi) is 9.06. The van der Waals surface area contributed by atoms with Crippen molar-refractivity contribution >= 4 is 23.2 Å². The second-order valence-corrected chi connectivity index (χ2v) is 7.15. The van der Waals surface area contributed by atoms with Crippen molar-refractivity contribution in [1.82, 2.24) is 20.9 Å². The Balaban J connectivity index is 1.67. The molecule has 0 saturated heterocycles. The number of aromatic nitrogens is 1. The Morgan fingerprint density at radius 1 is 1.13 bits per heavy atom. The third-order valence-electron chi connectivity index (χ3n) is 3.90. The molecule has 0 spiro atoms. The maximum Gasteiger partial charge on any atom is 0.411 e. The first-order valence-corrected chi connectivity index (χ1v) is 10.0. The number of alkyl halides is 3. The van der Waals surface area contributed by atoms with Gasteiger partial charge in [0, 0.05) is 26.7 Å². The lowest BCUT2D eigenvalue weighted by Gasteiger charge is -2.13.